The van der Waals surface area contributed by atoms with Gasteiger partial charge in [-0.05, 0) is 13.8 Å². The van der Waals surface area contributed by atoms with Gasteiger partial charge in [-0.3, -0.25) is 0 Å². The number of ether oxygens (including phenoxy) is 1. The maximum atomic E-state index is 5.34. The first-order valence-corrected chi connectivity index (χ1v) is 5.27. The molecule has 1 atom stereocenters. The highest BCUT2D eigenvalue weighted by atomic mass is 32.1. The van der Waals surface area contributed by atoms with Crippen molar-refractivity contribution in [3.8, 4) is 11.6 Å². The minimum atomic E-state index is -0.168. The lowest BCUT2D eigenvalue weighted by Gasteiger charge is -2.04. The maximum Gasteiger partial charge on any atom is 0.279 e. The quantitative estimate of drug-likeness (QED) is 0.789. The normalized spacial score (nSPS) is 12.9. The molecular weight excluding hydrogens is 216 g/mol. The summed E-state index contributed by atoms with van der Waals surface area (Å²) in [5.41, 5.74) is 0.599. The summed E-state index contributed by atoms with van der Waals surface area (Å²) in [4.78, 5) is 4.17. The fourth-order valence-electron chi connectivity index (χ4n) is 1.09. The molecule has 7 heteroatoms. The molecule has 0 saturated heterocycles. The van der Waals surface area contributed by atoms with Crippen molar-refractivity contribution in [3.63, 3.8) is 0 Å². The third-order valence-corrected chi connectivity index (χ3v) is 2.28. The van der Waals surface area contributed by atoms with E-state index in [-0.39, 0.29) is 6.10 Å². The lowest BCUT2D eigenvalue weighted by molar-refractivity contribution is 0.0683. The molecule has 0 bridgehead atoms. The van der Waals surface area contributed by atoms with E-state index in [1.165, 1.54) is 0 Å². The Balaban J connectivity index is 2.17. The highest BCUT2D eigenvalue weighted by Gasteiger charge is 2.15. The molecule has 0 fully saturated rings. The van der Waals surface area contributed by atoms with Crippen LogP contribution in [0.1, 0.15) is 25.8 Å². The van der Waals surface area contributed by atoms with Gasteiger partial charge in [-0.2, -0.15) is 13.7 Å². The van der Waals surface area contributed by atoms with Crippen LogP contribution in [-0.2, 0) is 4.74 Å². The van der Waals surface area contributed by atoms with Crippen LogP contribution in [0.15, 0.2) is 10.7 Å². The standard InChI is InChI=1S/C8H10N4O2S/c1-3-13-5(2)7-10-8(14-11-7)6-4-9-15-12-6/h4-5H,3H2,1-2H3/t5-/m0/s1. The van der Waals surface area contributed by atoms with Gasteiger partial charge in [-0.1, -0.05) is 5.16 Å². The second-order valence-corrected chi connectivity index (χ2v) is 3.40. The molecule has 80 valence electrons. The van der Waals surface area contributed by atoms with Gasteiger partial charge >= 0.3 is 0 Å². The van der Waals surface area contributed by atoms with Crippen LogP contribution in [0.4, 0.5) is 0 Å². The van der Waals surface area contributed by atoms with Gasteiger partial charge in [-0.15, -0.1) is 0 Å². The second-order valence-electron chi connectivity index (χ2n) is 2.85. The second kappa shape index (κ2) is 4.45. The minimum Gasteiger partial charge on any atom is -0.371 e. The summed E-state index contributed by atoms with van der Waals surface area (Å²) in [6.45, 7) is 4.41. The minimum absolute atomic E-state index is 0.168. The summed E-state index contributed by atoms with van der Waals surface area (Å²) in [7, 11) is 0. The average Bonchev–Trinajstić information content (AvgIpc) is 2.89. The Morgan fingerprint density at radius 1 is 1.60 bits per heavy atom. The van der Waals surface area contributed by atoms with Crippen LogP contribution >= 0.6 is 11.7 Å². The number of aromatic nitrogens is 4. The van der Waals surface area contributed by atoms with Crippen LogP contribution in [0.25, 0.3) is 11.6 Å². The van der Waals surface area contributed by atoms with Crippen molar-refractivity contribution in [3.05, 3.63) is 12.0 Å². The number of hydrogen-bond donors (Lipinski definition) is 0. The first-order valence-electron chi connectivity index (χ1n) is 4.54. The number of rotatable bonds is 4. The van der Waals surface area contributed by atoms with Gasteiger partial charge in [0.25, 0.3) is 5.89 Å². The molecule has 0 aliphatic rings. The van der Waals surface area contributed by atoms with E-state index in [4.69, 9.17) is 9.26 Å². The zero-order valence-electron chi connectivity index (χ0n) is 8.38. The van der Waals surface area contributed by atoms with Crippen molar-refractivity contribution in [1.29, 1.82) is 0 Å². The smallest absolute Gasteiger partial charge is 0.279 e. The van der Waals surface area contributed by atoms with E-state index in [0.717, 1.165) is 11.7 Å². The molecule has 0 saturated carbocycles. The van der Waals surface area contributed by atoms with E-state index < -0.39 is 0 Å². The Hall–Kier alpha value is -1.34. The largest absolute Gasteiger partial charge is 0.371 e. The van der Waals surface area contributed by atoms with Crippen molar-refractivity contribution in [2.75, 3.05) is 6.61 Å². The van der Waals surface area contributed by atoms with Gasteiger partial charge in [0, 0.05) is 6.61 Å². The molecule has 0 N–H and O–H groups in total. The maximum absolute atomic E-state index is 5.34. The molecule has 2 rings (SSSR count). The van der Waals surface area contributed by atoms with Crippen LogP contribution in [0, 0.1) is 0 Å². The molecule has 6 nitrogen and oxygen atoms in total. The molecule has 0 unspecified atom stereocenters. The summed E-state index contributed by atoms with van der Waals surface area (Å²) in [6, 6.07) is 0. The summed E-state index contributed by atoms with van der Waals surface area (Å²) in [5, 5.41) is 3.82. The molecule has 0 aliphatic carbocycles. The Morgan fingerprint density at radius 3 is 3.13 bits per heavy atom. The molecule has 0 amide bonds. The molecule has 15 heavy (non-hydrogen) atoms. The predicted molar refractivity (Wildman–Crippen MR) is 53.2 cm³/mol. The zero-order valence-corrected chi connectivity index (χ0v) is 9.19. The first kappa shape index (κ1) is 10.2. The molecule has 0 aliphatic heterocycles. The third kappa shape index (κ3) is 2.18. The lowest BCUT2D eigenvalue weighted by Crippen LogP contribution is -2.01. The van der Waals surface area contributed by atoms with Crippen molar-refractivity contribution in [1.82, 2.24) is 18.9 Å². The van der Waals surface area contributed by atoms with Crippen LogP contribution in [0.5, 0.6) is 0 Å². The zero-order chi connectivity index (χ0) is 10.7. The van der Waals surface area contributed by atoms with Gasteiger partial charge in [0.1, 0.15) is 6.10 Å². The average molecular weight is 226 g/mol. The van der Waals surface area contributed by atoms with Gasteiger partial charge in [0.2, 0.25) is 5.82 Å². The lowest BCUT2D eigenvalue weighted by atomic mass is 10.4. The highest BCUT2D eigenvalue weighted by Crippen LogP contribution is 2.18. The van der Waals surface area contributed by atoms with E-state index in [1.807, 2.05) is 13.8 Å². The fourth-order valence-corrected chi connectivity index (χ4v) is 1.49. The highest BCUT2D eigenvalue weighted by molar-refractivity contribution is 6.99. The fraction of sp³-hybridized carbons (Fsp3) is 0.500. The Morgan fingerprint density at radius 2 is 2.47 bits per heavy atom. The Bertz CT molecular complexity index is 414. The molecule has 2 aromatic heterocycles. The molecule has 0 spiro atoms. The summed E-state index contributed by atoms with van der Waals surface area (Å²) >= 11 is 1.10. The van der Waals surface area contributed by atoms with Crippen LogP contribution < -0.4 is 0 Å². The van der Waals surface area contributed by atoms with Crippen molar-refractivity contribution >= 4 is 11.7 Å². The number of hydrogen-bond acceptors (Lipinski definition) is 7. The summed E-state index contributed by atoms with van der Waals surface area (Å²) < 4.78 is 18.2. The van der Waals surface area contributed by atoms with E-state index in [2.05, 4.69) is 18.9 Å². The van der Waals surface area contributed by atoms with E-state index >= 15 is 0 Å². The van der Waals surface area contributed by atoms with Crippen LogP contribution in [-0.4, -0.2) is 25.5 Å². The van der Waals surface area contributed by atoms with Crippen molar-refractivity contribution < 1.29 is 9.26 Å². The van der Waals surface area contributed by atoms with E-state index in [0.29, 0.717) is 24.0 Å². The summed E-state index contributed by atoms with van der Waals surface area (Å²) in [5.74, 6) is 0.908. The van der Waals surface area contributed by atoms with E-state index in [1.54, 1.807) is 6.20 Å². The third-order valence-electron chi connectivity index (χ3n) is 1.80. The molecular formula is C8H10N4O2S. The summed E-state index contributed by atoms with van der Waals surface area (Å²) in [6.07, 6.45) is 1.42. The predicted octanol–water partition coefficient (Wildman–Crippen LogP) is 1.69. The van der Waals surface area contributed by atoms with Crippen LogP contribution in [0.2, 0.25) is 0 Å². The Labute approximate surface area is 90.6 Å². The molecule has 2 aromatic rings. The number of nitrogens with zero attached hydrogens (tertiary/aromatic N) is 4. The Kier molecular flexibility index (Phi) is 3.02. The molecule has 0 aromatic carbocycles. The van der Waals surface area contributed by atoms with Gasteiger partial charge in [0.15, 0.2) is 5.69 Å². The SMILES string of the molecule is CCO[C@@H](C)c1noc(-c2cnsn2)n1. The van der Waals surface area contributed by atoms with Crippen molar-refractivity contribution in [2.24, 2.45) is 0 Å². The topological polar surface area (TPSA) is 73.9 Å². The van der Waals surface area contributed by atoms with E-state index in [9.17, 15) is 0 Å². The van der Waals surface area contributed by atoms with Crippen LogP contribution in [0.3, 0.4) is 0 Å². The van der Waals surface area contributed by atoms with Gasteiger partial charge in [-0.25, -0.2) is 0 Å². The van der Waals surface area contributed by atoms with Gasteiger partial charge in [0.05, 0.1) is 17.9 Å². The monoisotopic (exact) mass is 226 g/mol. The molecule has 2 heterocycles. The van der Waals surface area contributed by atoms with Crippen molar-refractivity contribution in [2.45, 2.75) is 20.0 Å². The first-order chi connectivity index (χ1) is 7.31. The van der Waals surface area contributed by atoms with Gasteiger partial charge < -0.3 is 9.26 Å². The molecule has 0 radical (unpaired) electrons.